The average molecular weight is 467 g/mol. The van der Waals surface area contributed by atoms with E-state index in [0.717, 1.165) is 17.2 Å². The van der Waals surface area contributed by atoms with Crippen molar-refractivity contribution in [2.45, 2.75) is 29.4 Å². The molecule has 1 aliphatic rings. The SMILES string of the molecule is O=S(=O)(c1cc(Cl)cc(Cl)c1)C1CCN(c2nc(Cc3ccccc3)cs2)CC1. The van der Waals surface area contributed by atoms with Gasteiger partial charge in [0, 0.05) is 34.9 Å². The third kappa shape index (κ3) is 4.77. The number of rotatable bonds is 5. The summed E-state index contributed by atoms with van der Waals surface area (Å²) in [4.78, 5) is 7.14. The van der Waals surface area contributed by atoms with Gasteiger partial charge in [-0.25, -0.2) is 13.4 Å². The van der Waals surface area contributed by atoms with Gasteiger partial charge in [-0.1, -0.05) is 53.5 Å². The number of benzene rings is 2. The number of anilines is 1. The van der Waals surface area contributed by atoms with Gasteiger partial charge in [0.25, 0.3) is 0 Å². The first-order valence-corrected chi connectivity index (χ1v) is 12.5. The maximum atomic E-state index is 13.0. The smallest absolute Gasteiger partial charge is 0.185 e. The number of nitrogens with zero attached hydrogens (tertiary/aromatic N) is 2. The molecule has 0 atom stereocenters. The van der Waals surface area contributed by atoms with Gasteiger partial charge in [0.05, 0.1) is 15.8 Å². The minimum atomic E-state index is -3.46. The monoisotopic (exact) mass is 466 g/mol. The molecule has 0 amide bonds. The molecule has 3 aromatic rings. The van der Waals surface area contributed by atoms with Crippen LogP contribution < -0.4 is 4.90 Å². The summed E-state index contributed by atoms with van der Waals surface area (Å²) in [6.07, 6.45) is 1.91. The lowest BCUT2D eigenvalue weighted by Gasteiger charge is -2.31. The Morgan fingerprint density at radius 2 is 1.69 bits per heavy atom. The van der Waals surface area contributed by atoms with Crippen LogP contribution in [-0.2, 0) is 16.3 Å². The van der Waals surface area contributed by atoms with E-state index in [1.165, 1.54) is 17.7 Å². The van der Waals surface area contributed by atoms with Crippen LogP contribution in [0.3, 0.4) is 0 Å². The Morgan fingerprint density at radius 3 is 2.34 bits per heavy atom. The fourth-order valence-electron chi connectivity index (χ4n) is 3.57. The van der Waals surface area contributed by atoms with Gasteiger partial charge in [-0.05, 0) is 36.6 Å². The van der Waals surface area contributed by atoms with E-state index in [2.05, 4.69) is 22.4 Å². The first-order chi connectivity index (χ1) is 13.9. The Kier molecular flexibility index (Phi) is 6.16. The van der Waals surface area contributed by atoms with Crippen LogP contribution in [0.2, 0.25) is 10.0 Å². The van der Waals surface area contributed by atoms with Gasteiger partial charge in [0.1, 0.15) is 0 Å². The molecular weight excluding hydrogens is 447 g/mol. The molecule has 0 aliphatic carbocycles. The molecule has 1 saturated heterocycles. The van der Waals surface area contributed by atoms with E-state index in [9.17, 15) is 8.42 Å². The molecule has 0 unspecified atom stereocenters. The van der Waals surface area contributed by atoms with E-state index in [4.69, 9.17) is 28.2 Å². The number of halogens is 2. The summed E-state index contributed by atoms with van der Waals surface area (Å²) < 4.78 is 26.0. The van der Waals surface area contributed by atoms with Crippen LogP contribution in [0.25, 0.3) is 0 Å². The predicted molar refractivity (Wildman–Crippen MR) is 120 cm³/mol. The summed E-state index contributed by atoms with van der Waals surface area (Å²) in [6, 6.07) is 14.8. The van der Waals surface area contributed by atoms with Crippen molar-refractivity contribution in [1.29, 1.82) is 0 Å². The number of thiazole rings is 1. The van der Waals surface area contributed by atoms with Crippen molar-refractivity contribution in [3.8, 4) is 0 Å². The van der Waals surface area contributed by atoms with E-state index in [-0.39, 0.29) is 4.90 Å². The number of sulfone groups is 1. The summed E-state index contributed by atoms with van der Waals surface area (Å²) in [5.74, 6) is 0. The highest BCUT2D eigenvalue weighted by molar-refractivity contribution is 7.92. The van der Waals surface area contributed by atoms with Crippen molar-refractivity contribution >= 4 is 49.5 Å². The lowest BCUT2D eigenvalue weighted by molar-refractivity contribution is 0.529. The molecule has 2 heterocycles. The number of hydrogen-bond acceptors (Lipinski definition) is 5. The van der Waals surface area contributed by atoms with Gasteiger partial charge < -0.3 is 4.90 Å². The lowest BCUT2D eigenvalue weighted by atomic mass is 10.1. The van der Waals surface area contributed by atoms with E-state index in [0.29, 0.717) is 36.0 Å². The van der Waals surface area contributed by atoms with E-state index in [1.807, 2.05) is 18.2 Å². The normalized spacial score (nSPS) is 15.6. The molecule has 0 spiro atoms. The zero-order chi connectivity index (χ0) is 20.4. The second-order valence-corrected chi connectivity index (χ2v) is 11.1. The molecule has 29 heavy (non-hydrogen) atoms. The summed E-state index contributed by atoms with van der Waals surface area (Å²) in [6.45, 7) is 1.33. The molecule has 0 radical (unpaired) electrons. The first-order valence-electron chi connectivity index (χ1n) is 9.35. The molecule has 1 fully saturated rings. The molecular formula is C21H20Cl2N2O2S2. The Labute approximate surface area is 185 Å². The number of hydrogen-bond donors (Lipinski definition) is 0. The average Bonchev–Trinajstić information content (AvgIpc) is 3.16. The highest BCUT2D eigenvalue weighted by Gasteiger charge is 2.32. The molecule has 4 nitrogen and oxygen atoms in total. The van der Waals surface area contributed by atoms with E-state index >= 15 is 0 Å². The van der Waals surface area contributed by atoms with Gasteiger partial charge in [0.2, 0.25) is 0 Å². The molecule has 4 rings (SSSR count). The highest BCUT2D eigenvalue weighted by atomic mass is 35.5. The molecule has 0 N–H and O–H groups in total. The van der Waals surface area contributed by atoms with Gasteiger partial charge >= 0.3 is 0 Å². The molecule has 0 saturated carbocycles. The standard InChI is InChI=1S/C21H20Cl2N2O2S2/c22-16-11-17(23)13-20(12-16)29(26,27)19-6-8-25(9-7-19)21-24-18(14-28-21)10-15-4-2-1-3-5-15/h1-5,11-14,19H,6-10H2. The van der Waals surface area contributed by atoms with Crippen LogP contribution in [0.1, 0.15) is 24.1 Å². The van der Waals surface area contributed by atoms with Gasteiger partial charge in [-0.3, -0.25) is 0 Å². The third-order valence-electron chi connectivity index (χ3n) is 5.08. The minimum absolute atomic E-state index is 0.202. The second kappa shape index (κ2) is 8.64. The van der Waals surface area contributed by atoms with Crippen LogP contribution in [0.15, 0.2) is 58.8 Å². The van der Waals surface area contributed by atoms with Crippen LogP contribution in [0, 0.1) is 0 Å². The quantitative estimate of drug-likeness (QED) is 0.499. The maximum Gasteiger partial charge on any atom is 0.185 e. The summed E-state index contributed by atoms with van der Waals surface area (Å²) in [7, 11) is -3.46. The number of piperidine rings is 1. The Bertz CT molecular complexity index is 1070. The fourth-order valence-corrected chi connectivity index (χ4v) is 6.90. The third-order valence-corrected chi connectivity index (χ3v) is 8.71. The zero-order valence-electron chi connectivity index (χ0n) is 15.6. The first kappa shape index (κ1) is 20.7. The molecule has 1 aromatic heterocycles. The van der Waals surface area contributed by atoms with Crippen molar-refractivity contribution < 1.29 is 8.42 Å². The van der Waals surface area contributed by atoms with Crippen LogP contribution in [-0.4, -0.2) is 31.7 Å². The highest BCUT2D eigenvalue weighted by Crippen LogP contribution is 2.31. The maximum absolute atomic E-state index is 13.0. The fraction of sp³-hybridized carbons (Fsp3) is 0.286. The predicted octanol–water partition coefficient (Wildman–Crippen LogP) is 5.48. The topological polar surface area (TPSA) is 50.3 Å². The van der Waals surface area contributed by atoms with Gasteiger partial charge in [-0.15, -0.1) is 11.3 Å². The van der Waals surface area contributed by atoms with Crippen molar-refractivity contribution in [1.82, 2.24) is 4.98 Å². The van der Waals surface area contributed by atoms with Crippen molar-refractivity contribution in [2.24, 2.45) is 0 Å². The van der Waals surface area contributed by atoms with E-state index < -0.39 is 15.1 Å². The van der Waals surface area contributed by atoms with Crippen LogP contribution in [0.5, 0.6) is 0 Å². The second-order valence-electron chi connectivity index (χ2n) is 7.12. The molecule has 0 bridgehead atoms. The van der Waals surface area contributed by atoms with Crippen LogP contribution in [0.4, 0.5) is 5.13 Å². The molecule has 1 aliphatic heterocycles. The van der Waals surface area contributed by atoms with Gasteiger partial charge in [-0.2, -0.15) is 0 Å². The van der Waals surface area contributed by atoms with Crippen molar-refractivity contribution in [2.75, 3.05) is 18.0 Å². The zero-order valence-corrected chi connectivity index (χ0v) is 18.7. The Morgan fingerprint density at radius 1 is 1.03 bits per heavy atom. The summed E-state index contributed by atoms with van der Waals surface area (Å²) in [5, 5.41) is 3.28. The Hall–Kier alpha value is -1.60. The van der Waals surface area contributed by atoms with Gasteiger partial charge in [0.15, 0.2) is 15.0 Å². The molecule has 8 heteroatoms. The summed E-state index contributed by atoms with van der Waals surface area (Å²) in [5.41, 5.74) is 2.27. The minimum Gasteiger partial charge on any atom is -0.348 e. The van der Waals surface area contributed by atoms with Crippen LogP contribution >= 0.6 is 34.5 Å². The van der Waals surface area contributed by atoms with E-state index in [1.54, 1.807) is 17.4 Å². The lowest BCUT2D eigenvalue weighted by Crippen LogP contribution is -2.39. The van der Waals surface area contributed by atoms with Crippen molar-refractivity contribution in [3.05, 3.63) is 75.2 Å². The number of aromatic nitrogens is 1. The largest absolute Gasteiger partial charge is 0.348 e. The molecule has 2 aromatic carbocycles. The Balaban J connectivity index is 1.42. The van der Waals surface area contributed by atoms with Crippen molar-refractivity contribution in [3.63, 3.8) is 0 Å². The summed E-state index contributed by atoms with van der Waals surface area (Å²) >= 11 is 13.6. The molecule has 152 valence electrons.